The first-order chi connectivity index (χ1) is 16.6. The van der Waals surface area contributed by atoms with Crippen molar-refractivity contribution in [2.75, 3.05) is 19.5 Å². The first-order valence-corrected chi connectivity index (χ1v) is 12.8. The van der Waals surface area contributed by atoms with E-state index >= 15 is 0 Å². The predicted octanol–water partition coefficient (Wildman–Crippen LogP) is 7.85. The highest BCUT2D eigenvalue weighted by molar-refractivity contribution is 5.96. The van der Waals surface area contributed by atoms with E-state index in [1.807, 2.05) is 6.07 Å². The van der Waals surface area contributed by atoms with E-state index in [9.17, 15) is 9.59 Å². The van der Waals surface area contributed by atoms with Crippen LogP contribution >= 0.6 is 0 Å². The van der Waals surface area contributed by atoms with Crippen molar-refractivity contribution < 1.29 is 19.1 Å². The summed E-state index contributed by atoms with van der Waals surface area (Å²) in [6.07, 6.45) is 4.29. The lowest BCUT2D eigenvalue weighted by Crippen LogP contribution is -2.19. The lowest BCUT2D eigenvalue weighted by atomic mass is 9.87. The zero-order valence-corrected chi connectivity index (χ0v) is 22.8. The Morgan fingerprint density at radius 1 is 0.914 bits per heavy atom. The van der Waals surface area contributed by atoms with Gasteiger partial charge in [0.25, 0.3) is 0 Å². The molecule has 0 spiro atoms. The second-order valence-electron chi connectivity index (χ2n) is 9.92. The Hall–Kier alpha value is -2.82. The summed E-state index contributed by atoms with van der Waals surface area (Å²) >= 11 is 0. The van der Waals surface area contributed by atoms with Gasteiger partial charge in [-0.1, -0.05) is 72.1 Å². The minimum absolute atomic E-state index is 0.0317. The Kier molecular flexibility index (Phi) is 10.8. The van der Waals surface area contributed by atoms with E-state index in [1.54, 1.807) is 27.2 Å². The summed E-state index contributed by atoms with van der Waals surface area (Å²) in [5.74, 6) is 1.52. The van der Waals surface area contributed by atoms with Crippen LogP contribution in [-0.2, 0) is 4.79 Å². The van der Waals surface area contributed by atoms with Crippen molar-refractivity contribution in [1.29, 1.82) is 0 Å². The molecule has 1 amide bonds. The summed E-state index contributed by atoms with van der Waals surface area (Å²) in [5, 5.41) is 3.26. The number of hydrogen-bond donors (Lipinski definition) is 1. The average molecular weight is 482 g/mol. The van der Waals surface area contributed by atoms with Crippen LogP contribution in [0.3, 0.4) is 0 Å². The van der Waals surface area contributed by atoms with Gasteiger partial charge in [-0.15, -0.1) is 0 Å². The number of unbranched alkanes of at least 4 members (excludes halogenated alkanes) is 2. The fraction of sp³-hybridized carbons (Fsp3) is 0.533. The van der Waals surface area contributed by atoms with Gasteiger partial charge in [0.15, 0.2) is 17.3 Å². The van der Waals surface area contributed by atoms with Crippen molar-refractivity contribution in [3.8, 4) is 11.5 Å². The van der Waals surface area contributed by atoms with Crippen LogP contribution in [0.5, 0.6) is 11.5 Å². The number of para-hydroxylation sites is 1. The monoisotopic (exact) mass is 481 g/mol. The Bertz CT molecular complexity index is 983. The van der Waals surface area contributed by atoms with E-state index in [0.717, 1.165) is 48.1 Å². The number of nitrogens with one attached hydrogen (secondary N) is 1. The number of methoxy groups -OCH3 is 2. The molecule has 192 valence electrons. The Morgan fingerprint density at radius 2 is 1.54 bits per heavy atom. The largest absolute Gasteiger partial charge is 0.493 e. The van der Waals surface area contributed by atoms with E-state index in [1.165, 1.54) is 0 Å². The quantitative estimate of drug-likeness (QED) is 0.234. The molecule has 2 aromatic carbocycles. The normalized spacial score (nSPS) is 12.1. The molecule has 2 rings (SSSR count). The number of carbonyl (C=O) groups excluding carboxylic acids is 2. The van der Waals surface area contributed by atoms with E-state index < -0.39 is 0 Å². The lowest BCUT2D eigenvalue weighted by molar-refractivity contribution is -0.116. The van der Waals surface area contributed by atoms with Crippen LogP contribution in [0.2, 0.25) is 0 Å². The van der Waals surface area contributed by atoms with E-state index in [0.29, 0.717) is 35.3 Å². The number of amides is 1. The molecule has 35 heavy (non-hydrogen) atoms. The molecule has 0 radical (unpaired) electrons. The minimum atomic E-state index is -0.0987. The second kappa shape index (κ2) is 13.3. The summed E-state index contributed by atoms with van der Waals surface area (Å²) in [5.41, 5.74) is 4.63. The zero-order chi connectivity index (χ0) is 26.1. The van der Waals surface area contributed by atoms with Gasteiger partial charge in [0.1, 0.15) is 0 Å². The third-order valence-electron chi connectivity index (χ3n) is 6.58. The summed E-state index contributed by atoms with van der Waals surface area (Å²) in [6, 6.07) is 9.83. The maximum absolute atomic E-state index is 13.5. The molecule has 0 aliphatic carbocycles. The maximum Gasteiger partial charge on any atom is 0.225 e. The highest BCUT2D eigenvalue weighted by Gasteiger charge is 2.25. The van der Waals surface area contributed by atoms with Crippen LogP contribution < -0.4 is 14.8 Å². The second-order valence-corrected chi connectivity index (χ2v) is 9.92. The number of ether oxygens (including phenoxy) is 2. The number of ketones is 1. The van der Waals surface area contributed by atoms with Crippen LogP contribution in [0.15, 0.2) is 30.3 Å². The molecule has 0 aromatic heterocycles. The summed E-state index contributed by atoms with van der Waals surface area (Å²) in [4.78, 5) is 25.7. The molecule has 1 unspecified atom stereocenters. The molecule has 0 aliphatic rings. The summed E-state index contributed by atoms with van der Waals surface area (Å²) < 4.78 is 11.3. The van der Waals surface area contributed by atoms with Crippen molar-refractivity contribution >= 4 is 17.4 Å². The minimum Gasteiger partial charge on any atom is -0.493 e. The molecular formula is C30H43NO4. The Morgan fingerprint density at radius 3 is 2.03 bits per heavy atom. The first-order valence-electron chi connectivity index (χ1n) is 12.8. The molecular weight excluding hydrogens is 438 g/mol. The van der Waals surface area contributed by atoms with Crippen molar-refractivity contribution in [2.24, 2.45) is 0 Å². The fourth-order valence-electron chi connectivity index (χ4n) is 4.62. The van der Waals surface area contributed by atoms with Crippen molar-refractivity contribution in [3.63, 3.8) is 0 Å². The van der Waals surface area contributed by atoms with Crippen molar-refractivity contribution in [3.05, 3.63) is 52.6 Å². The lowest BCUT2D eigenvalue weighted by Gasteiger charge is -2.24. The zero-order valence-electron chi connectivity index (χ0n) is 22.8. The molecule has 0 saturated heterocycles. The predicted molar refractivity (Wildman–Crippen MR) is 144 cm³/mol. The van der Waals surface area contributed by atoms with Crippen LogP contribution in [0.25, 0.3) is 0 Å². The van der Waals surface area contributed by atoms with Gasteiger partial charge in [-0.3, -0.25) is 9.59 Å². The summed E-state index contributed by atoms with van der Waals surface area (Å²) in [6.45, 7) is 12.3. The Balaban J connectivity index is 2.48. The third kappa shape index (κ3) is 7.33. The van der Waals surface area contributed by atoms with E-state index in [4.69, 9.17) is 9.47 Å². The topological polar surface area (TPSA) is 64.6 Å². The molecule has 0 saturated carbocycles. The van der Waals surface area contributed by atoms with Crippen LogP contribution in [0.1, 0.15) is 118 Å². The van der Waals surface area contributed by atoms with Crippen LogP contribution in [0, 0.1) is 0 Å². The molecule has 0 aliphatic heterocycles. The number of anilines is 1. The SMILES string of the molecule is CCCCCC(CC(=O)Nc1c(C(C)C)cccc1C(C)C)c1cc(C(C)=O)cc(OC)c1OC. The van der Waals surface area contributed by atoms with Gasteiger partial charge in [0.2, 0.25) is 5.91 Å². The number of rotatable bonds is 13. The molecule has 1 atom stereocenters. The number of Topliss-reactive ketones (excluding diaryl/α,β-unsaturated/α-hetero) is 1. The number of hydrogen-bond acceptors (Lipinski definition) is 4. The van der Waals surface area contributed by atoms with Gasteiger partial charge < -0.3 is 14.8 Å². The van der Waals surface area contributed by atoms with Gasteiger partial charge in [0, 0.05) is 23.2 Å². The standard InChI is InChI=1S/C30H43NO4/c1-9-10-11-13-22(26-16-23(21(6)32)17-27(34-7)30(26)35-8)18-28(33)31-29-24(19(2)3)14-12-15-25(29)20(4)5/h12,14-17,19-20,22H,9-11,13,18H2,1-8H3,(H,31,33). The van der Waals surface area contributed by atoms with Crippen molar-refractivity contribution in [1.82, 2.24) is 0 Å². The molecule has 5 heteroatoms. The highest BCUT2D eigenvalue weighted by atomic mass is 16.5. The van der Waals surface area contributed by atoms with Gasteiger partial charge in [-0.25, -0.2) is 0 Å². The number of carbonyl (C=O) groups is 2. The number of benzene rings is 2. The molecule has 5 nitrogen and oxygen atoms in total. The van der Waals surface area contributed by atoms with E-state index in [-0.39, 0.29) is 17.6 Å². The molecule has 1 N–H and O–H groups in total. The fourth-order valence-corrected chi connectivity index (χ4v) is 4.62. The van der Waals surface area contributed by atoms with Gasteiger partial charge in [0.05, 0.1) is 14.2 Å². The molecule has 0 heterocycles. The molecule has 0 fully saturated rings. The smallest absolute Gasteiger partial charge is 0.225 e. The molecule has 0 bridgehead atoms. The highest BCUT2D eigenvalue weighted by Crippen LogP contribution is 2.41. The van der Waals surface area contributed by atoms with Crippen LogP contribution in [0.4, 0.5) is 5.69 Å². The van der Waals surface area contributed by atoms with E-state index in [2.05, 4.69) is 58.1 Å². The van der Waals surface area contributed by atoms with Crippen LogP contribution in [-0.4, -0.2) is 25.9 Å². The van der Waals surface area contributed by atoms with Gasteiger partial charge >= 0.3 is 0 Å². The maximum atomic E-state index is 13.5. The average Bonchev–Trinajstić information content (AvgIpc) is 2.82. The van der Waals surface area contributed by atoms with Gasteiger partial charge in [-0.05, 0) is 54.4 Å². The summed E-state index contributed by atoms with van der Waals surface area (Å²) in [7, 11) is 3.17. The van der Waals surface area contributed by atoms with Gasteiger partial charge in [-0.2, -0.15) is 0 Å². The Labute approximate surface area is 211 Å². The van der Waals surface area contributed by atoms with Crippen molar-refractivity contribution in [2.45, 2.75) is 91.4 Å². The molecule has 2 aromatic rings. The third-order valence-corrected chi connectivity index (χ3v) is 6.58. The first kappa shape index (κ1) is 28.4.